The molecular formula is C13H13NO3. The van der Waals surface area contributed by atoms with Crippen LogP contribution < -0.4 is 0 Å². The molecule has 0 spiro atoms. The predicted molar refractivity (Wildman–Crippen MR) is 63.3 cm³/mol. The van der Waals surface area contributed by atoms with Crippen LogP contribution in [-0.2, 0) is 17.7 Å². The normalized spacial score (nSPS) is 13.9. The summed E-state index contributed by atoms with van der Waals surface area (Å²) >= 11 is 0. The fourth-order valence-electron chi connectivity index (χ4n) is 2.65. The van der Waals surface area contributed by atoms with Gasteiger partial charge < -0.3 is 14.4 Å². The maximum atomic E-state index is 11.8. The average molecular weight is 231 g/mol. The first kappa shape index (κ1) is 10.2. The van der Waals surface area contributed by atoms with Gasteiger partial charge in [-0.3, -0.25) is 0 Å². The molecular weight excluding hydrogens is 218 g/mol. The molecule has 0 fully saturated rings. The number of aryl methyl sites for hydroxylation is 1. The molecule has 0 bridgehead atoms. The van der Waals surface area contributed by atoms with Crippen LogP contribution in [0.25, 0.3) is 10.9 Å². The minimum Gasteiger partial charge on any atom is -0.508 e. The number of methoxy groups -OCH3 is 1. The van der Waals surface area contributed by atoms with E-state index in [9.17, 15) is 9.90 Å². The van der Waals surface area contributed by atoms with Gasteiger partial charge in [-0.15, -0.1) is 0 Å². The lowest BCUT2D eigenvalue weighted by Crippen LogP contribution is -2.03. The second-order valence-electron chi connectivity index (χ2n) is 4.27. The Bertz CT molecular complexity index is 613. The number of phenolic OH excluding ortho intramolecular Hbond substituents is 1. The highest BCUT2D eigenvalue weighted by Crippen LogP contribution is 2.33. The van der Waals surface area contributed by atoms with Gasteiger partial charge in [-0.2, -0.15) is 0 Å². The fourth-order valence-corrected chi connectivity index (χ4v) is 2.65. The van der Waals surface area contributed by atoms with Crippen LogP contribution in [-0.4, -0.2) is 22.8 Å². The van der Waals surface area contributed by atoms with Crippen LogP contribution >= 0.6 is 0 Å². The largest absolute Gasteiger partial charge is 0.508 e. The van der Waals surface area contributed by atoms with E-state index >= 15 is 0 Å². The molecule has 1 aromatic heterocycles. The zero-order chi connectivity index (χ0) is 12.0. The van der Waals surface area contributed by atoms with E-state index in [2.05, 4.69) is 4.57 Å². The van der Waals surface area contributed by atoms with Gasteiger partial charge in [0.1, 0.15) is 5.75 Å². The second-order valence-corrected chi connectivity index (χ2v) is 4.27. The van der Waals surface area contributed by atoms with Crippen molar-refractivity contribution in [2.75, 3.05) is 7.11 Å². The zero-order valence-electron chi connectivity index (χ0n) is 9.56. The van der Waals surface area contributed by atoms with Crippen molar-refractivity contribution in [3.8, 4) is 5.75 Å². The lowest BCUT2D eigenvalue weighted by atomic mass is 10.1. The van der Waals surface area contributed by atoms with E-state index in [-0.39, 0.29) is 11.7 Å². The summed E-state index contributed by atoms with van der Waals surface area (Å²) in [5, 5.41) is 10.3. The maximum Gasteiger partial charge on any atom is 0.340 e. The number of aromatic nitrogens is 1. The second kappa shape index (κ2) is 3.52. The highest BCUT2D eigenvalue weighted by molar-refractivity contribution is 6.06. The highest BCUT2D eigenvalue weighted by atomic mass is 16.5. The third-order valence-electron chi connectivity index (χ3n) is 3.34. The van der Waals surface area contributed by atoms with E-state index in [1.165, 1.54) is 7.11 Å². The quantitative estimate of drug-likeness (QED) is 0.764. The lowest BCUT2D eigenvalue weighted by Gasteiger charge is -2.00. The number of carbonyl (C=O) groups is 1. The summed E-state index contributed by atoms with van der Waals surface area (Å²) in [6, 6.07) is 5.13. The number of benzene rings is 1. The molecule has 0 unspecified atom stereocenters. The fraction of sp³-hybridized carbons (Fsp3) is 0.308. The molecule has 4 nitrogen and oxygen atoms in total. The van der Waals surface area contributed by atoms with Crippen LogP contribution in [0.3, 0.4) is 0 Å². The molecule has 1 aliphatic rings. The van der Waals surface area contributed by atoms with Crippen molar-refractivity contribution in [2.45, 2.75) is 19.4 Å². The van der Waals surface area contributed by atoms with Gasteiger partial charge >= 0.3 is 5.97 Å². The third kappa shape index (κ3) is 1.33. The summed E-state index contributed by atoms with van der Waals surface area (Å²) < 4.78 is 6.97. The van der Waals surface area contributed by atoms with Crippen LogP contribution in [0.15, 0.2) is 18.2 Å². The van der Waals surface area contributed by atoms with Crippen molar-refractivity contribution >= 4 is 16.9 Å². The maximum absolute atomic E-state index is 11.8. The lowest BCUT2D eigenvalue weighted by molar-refractivity contribution is 0.0602. The van der Waals surface area contributed by atoms with Gasteiger partial charge in [-0.25, -0.2) is 4.79 Å². The monoisotopic (exact) mass is 231 g/mol. The van der Waals surface area contributed by atoms with Crippen LogP contribution in [0.1, 0.15) is 22.5 Å². The number of fused-ring (bicyclic) bond motifs is 3. The first-order chi connectivity index (χ1) is 8.22. The number of nitrogens with zero attached hydrogens (tertiary/aromatic N) is 1. The molecule has 2 heterocycles. The van der Waals surface area contributed by atoms with Crippen LogP contribution in [0.4, 0.5) is 0 Å². The van der Waals surface area contributed by atoms with E-state index < -0.39 is 0 Å². The van der Waals surface area contributed by atoms with Crippen molar-refractivity contribution in [3.05, 3.63) is 29.5 Å². The van der Waals surface area contributed by atoms with E-state index in [0.717, 1.165) is 36.0 Å². The Morgan fingerprint density at radius 1 is 1.47 bits per heavy atom. The van der Waals surface area contributed by atoms with Gasteiger partial charge in [-0.1, -0.05) is 0 Å². The number of esters is 1. The molecule has 0 radical (unpaired) electrons. The van der Waals surface area contributed by atoms with Crippen molar-refractivity contribution < 1.29 is 14.6 Å². The Hall–Kier alpha value is -1.97. The number of hydrogen-bond acceptors (Lipinski definition) is 3. The van der Waals surface area contributed by atoms with Gasteiger partial charge in [0.2, 0.25) is 0 Å². The minimum atomic E-state index is -0.323. The smallest absolute Gasteiger partial charge is 0.340 e. The van der Waals surface area contributed by atoms with Gasteiger partial charge in [0.05, 0.1) is 12.7 Å². The molecule has 1 N–H and O–H groups in total. The van der Waals surface area contributed by atoms with E-state index in [1.807, 2.05) is 6.07 Å². The summed E-state index contributed by atoms with van der Waals surface area (Å²) in [5.41, 5.74) is 2.63. The number of carbonyl (C=O) groups excluding carboxylic acids is 1. The molecule has 17 heavy (non-hydrogen) atoms. The summed E-state index contributed by atoms with van der Waals surface area (Å²) in [6.07, 6.45) is 1.94. The van der Waals surface area contributed by atoms with Crippen molar-refractivity contribution in [3.63, 3.8) is 0 Å². The predicted octanol–water partition coefficient (Wildman–Crippen LogP) is 2.08. The molecule has 0 aliphatic carbocycles. The standard InChI is InChI=1S/C13H13NO3/c1-17-13(16)12-9-7-8(15)4-5-10(9)14-6-2-3-11(12)14/h4-5,7,15H,2-3,6H2,1H3. The third-order valence-corrected chi connectivity index (χ3v) is 3.34. The summed E-state index contributed by atoms with van der Waals surface area (Å²) in [5.74, 6) is -0.150. The number of phenols is 1. The molecule has 1 aromatic carbocycles. The number of hydrogen-bond donors (Lipinski definition) is 1. The Balaban J connectivity index is 2.38. The molecule has 2 aromatic rings. The molecule has 0 atom stereocenters. The summed E-state index contributed by atoms with van der Waals surface area (Å²) in [6.45, 7) is 0.924. The molecule has 0 saturated carbocycles. The Morgan fingerprint density at radius 2 is 2.29 bits per heavy atom. The Morgan fingerprint density at radius 3 is 3.06 bits per heavy atom. The first-order valence-corrected chi connectivity index (χ1v) is 5.65. The molecule has 4 heteroatoms. The van der Waals surface area contributed by atoms with Crippen LogP contribution in [0.5, 0.6) is 5.75 Å². The number of aromatic hydroxyl groups is 1. The van der Waals surface area contributed by atoms with Crippen LogP contribution in [0.2, 0.25) is 0 Å². The summed E-state index contributed by atoms with van der Waals surface area (Å²) in [7, 11) is 1.38. The molecule has 0 amide bonds. The highest BCUT2D eigenvalue weighted by Gasteiger charge is 2.25. The SMILES string of the molecule is COC(=O)c1c2n(c3ccc(O)cc13)CCC2. The van der Waals surface area contributed by atoms with Gasteiger partial charge in [0, 0.05) is 23.1 Å². The molecule has 3 rings (SSSR count). The Kier molecular flexibility index (Phi) is 2.11. The van der Waals surface area contributed by atoms with E-state index in [4.69, 9.17) is 4.74 Å². The number of rotatable bonds is 1. The Labute approximate surface area is 98.4 Å². The average Bonchev–Trinajstić information content (AvgIpc) is 2.87. The van der Waals surface area contributed by atoms with Crippen LogP contribution in [0, 0.1) is 0 Å². The van der Waals surface area contributed by atoms with Gasteiger partial charge in [0.25, 0.3) is 0 Å². The first-order valence-electron chi connectivity index (χ1n) is 5.65. The summed E-state index contributed by atoms with van der Waals surface area (Å²) in [4.78, 5) is 11.8. The van der Waals surface area contributed by atoms with E-state index in [1.54, 1.807) is 12.1 Å². The van der Waals surface area contributed by atoms with E-state index in [0.29, 0.717) is 5.56 Å². The molecule has 0 saturated heterocycles. The van der Waals surface area contributed by atoms with Crippen molar-refractivity contribution in [2.24, 2.45) is 0 Å². The van der Waals surface area contributed by atoms with Gasteiger partial charge in [-0.05, 0) is 31.0 Å². The number of ether oxygens (including phenoxy) is 1. The van der Waals surface area contributed by atoms with Crippen molar-refractivity contribution in [1.29, 1.82) is 0 Å². The molecule has 88 valence electrons. The van der Waals surface area contributed by atoms with Crippen molar-refractivity contribution in [1.82, 2.24) is 4.57 Å². The molecule has 1 aliphatic heterocycles. The van der Waals surface area contributed by atoms with Gasteiger partial charge in [0.15, 0.2) is 0 Å². The topological polar surface area (TPSA) is 51.5 Å². The zero-order valence-corrected chi connectivity index (χ0v) is 9.56. The minimum absolute atomic E-state index is 0.173.